The molecule has 4 rings (SSSR count). The average Bonchev–Trinajstić information content (AvgIpc) is 3.39. The summed E-state index contributed by atoms with van der Waals surface area (Å²) < 4.78 is 38.0. The molecule has 1 fully saturated rings. The first-order valence-corrected chi connectivity index (χ1v) is 10.7. The van der Waals surface area contributed by atoms with Crippen LogP contribution in [-0.4, -0.2) is 47.0 Å². The van der Waals surface area contributed by atoms with Crippen LogP contribution in [0.2, 0.25) is 0 Å². The van der Waals surface area contributed by atoms with Crippen molar-refractivity contribution in [1.82, 2.24) is 14.9 Å². The summed E-state index contributed by atoms with van der Waals surface area (Å²) in [6.45, 7) is 2.07. The van der Waals surface area contributed by atoms with E-state index in [4.69, 9.17) is 0 Å². The number of thiophene rings is 1. The number of pyridine rings is 1. The first kappa shape index (κ1) is 19.8. The highest BCUT2D eigenvalue weighted by molar-refractivity contribution is 7.20. The molecule has 152 valence electrons. The molecule has 0 radical (unpaired) electrons. The minimum absolute atomic E-state index is 0.00746. The molecule has 0 saturated carbocycles. The Kier molecular flexibility index (Phi) is 5.55. The molecule has 3 aromatic heterocycles. The van der Waals surface area contributed by atoms with Gasteiger partial charge in [0.2, 0.25) is 5.91 Å². The Labute approximate surface area is 173 Å². The average molecular weight is 439 g/mol. The Morgan fingerprint density at radius 1 is 1.10 bits per heavy atom. The van der Waals surface area contributed by atoms with Crippen LogP contribution in [0.5, 0.6) is 0 Å². The number of hydrogen-bond donors (Lipinski definition) is 0. The van der Waals surface area contributed by atoms with Crippen LogP contribution in [0, 0.1) is 0 Å². The highest BCUT2D eigenvalue weighted by Crippen LogP contribution is 2.30. The van der Waals surface area contributed by atoms with Crippen molar-refractivity contribution in [3.8, 4) is 9.88 Å². The number of rotatable bonds is 4. The van der Waals surface area contributed by atoms with Gasteiger partial charge in [0, 0.05) is 37.8 Å². The van der Waals surface area contributed by atoms with Crippen molar-refractivity contribution in [2.24, 2.45) is 0 Å². The van der Waals surface area contributed by atoms with E-state index in [9.17, 15) is 18.0 Å². The van der Waals surface area contributed by atoms with Crippen molar-refractivity contribution < 1.29 is 18.0 Å². The predicted molar refractivity (Wildman–Crippen MR) is 107 cm³/mol. The third kappa shape index (κ3) is 4.59. The van der Waals surface area contributed by atoms with Gasteiger partial charge in [-0.05, 0) is 23.6 Å². The molecule has 1 aliphatic rings. The quantitative estimate of drug-likeness (QED) is 0.613. The molecule has 0 atom stereocenters. The van der Waals surface area contributed by atoms with Crippen LogP contribution in [-0.2, 0) is 17.4 Å². The van der Waals surface area contributed by atoms with Crippen LogP contribution in [0.15, 0.2) is 41.2 Å². The number of hydrogen-bond acceptors (Lipinski definition) is 6. The smallest absolute Gasteiger partial charge is 0.353 e. The number of aromatic nitrogens is 2. The lowest BCUT2D eigenvalue weighted by molar-refractivity contribution is -0.137. The molecule has 1 aliphatic heterocycles. The molecule has 5 nitrogen and oxygen atoms in total. The molecule has 1 amide bonds. The Morgan fingerprint density at radius 3 is 2.52 bits per heavy atom. The maximum absolute atomic E-state index is 12.7. The van der Waals surface area contributed by atoms with Crippen molar-refractivity contribution in [2.45, 2.75) is 12.6 Å². The number of anilines is 1. The van der Waals surface area contributed by atoms with E-state index in [-0.39, 0.29) is 12.3 Å². The molecule has 0 bridgehead atoms. The zero-order chi connectivity index (χ0) is 20.4. The summed E-state index contributed by atoms with van der Waals surface area (Å²) >= 11 is 3.14. The van der Waals surface area contributed by atoms with Crippen LogP contribution in [0.25, 0.3) is 9.88 Å². The number of carbonyl (C=O) groups excluding carboxylic acids is 1. The fraction of sp³-hybridized carbons (Fsp3) is 0.316. The summed E-state index contributed by atoms with van der Waals surface area (Å²) in [6, 6.07) is 6.38. The van der Waals surface area contributed by atoms with Crippen molar-refractivity contribution in [1.29, 1.82) is 0 Å². The van der Waals surface area contributed by atoms with Gasteiger partial charge in [0.1, 0.15) is 10.8 Å². The van der Waals surface area contributed by atoms with Crippen LogP contribution in [0.3, 0.4) is 0 Å². The Balaban J connectivity index is 1.32. The molecule has 0 N–H and O–H groups in total. The number of halogens is 3. The molecule has 0 spiro atoms. The molecule has 0 unspecified atom stereocenters. The Bertz CT molecular complexity index is 962. The van der Waals surface area contributed by atoms with Gasteiger partial charge in [-0.25, -0.2) is 9.97 Å². The number of nitrogens with zero attached hydrogens (tertiary/aromatic N) is 4. The zero-order valence-corrected chi connectivity index (χ0v) is 16.9. The maximum Gasteiger partial charge on any atom is 0.417 e. The van der Waals surface area contributed by atoms with Gasteiger partial charge in [-0.1, -0.05) is 6.07 Å². The first-order chi connectivity index (χ1) is 13.9. The fourth-order valence-corrected chi connectivity index (χ4v) is 4.73. The monoisotopic (exact) mass is 438 g/mol. The van der Waals surface area contributed by atoms with Crippen LogP contribution >= 0.6 is 22.7 Å². The van der Waals surface area contributed by atoms with Gasteiger partial charge in [0.25, 0.3) is 0 Å². The van der Waals surface area contributed by atoms with Crippen LogP contribution in [0.1, 0.15) is 11.3 Å². The van der Waals surface area contributed by atoms with E-state index in [1.807, 2.05) is 27.8 Å². The van der Waals surface area contributed by atoms with E-state index in [1.165, 1.54) is 17.4 Å². The number of piperazine rings is 1. The Morgan fingerprint density at radius 2 is 1.90 bits per heavy atom. The lowest BCUT2D eigenvalue weighted by Gasteiger charge is -2.35. The normalized spacial score (nSPS) is 15.0. The summed E-state index contributed by atoms with van der Waals surface area (Å²) in [5.41, 5.74) is -0.00419. The van der Waals surface area contributed by atoms with Gasteiger partial charge < -0.3 is 9.80 Å². The molecule has 1 saturated heterocycles. The second-order valence-electron chi connectivity index (χ2n) is 6.57. The summed E-state index contributed by atoms with van der Waals surface area (Å²) in [6.07, 6.45) is -3.30. The van der Waals surface area contributed by atoms with Gasteiger partial charge >= 0.3 is 6.18 Å². The molecule has 29 heavy (non-hydrogen) atoms. The fourth-order valence-electron chi connectivity index (χ4n) is 3.09. The van der Waals surface area contributed by atoms with E-state index in [2.05, 4.69) is 9.97 Å². The first-order valence-electron chi connectivity index (χ1n) is 8.94. The van der Waals surface area contributed by atoms with Gasteiger partial charge in [0.15, 0.2) is 0 Å². The zero-order valence-electron chi connectivity index (χ0n) is 15.2. The van der Waals surface area contributed by atoms with Crippen molar-refractivity contribution in [3.63, 3.8) is 0 Å². The lowest BCUT2D eigenvalue weighted by atomic mass is 10.2. The van der Waals surface area contributed by atoms with Crippen LogP contribution in [0.4, 0.5) is 19.0 Å². The van der Waals surface area contributed by atoms with E-state index >= 15 is 0 Å². The minimum atomic E-state index is -4.39. The molecular weight excluding hydrogens is 421 g/mol. The second-order valence-corrected chi connectivity index (χ2v) is 8.37. The number of thiazole rings is 1. The number of amides is 1. The summed E-state index contributed by atoms with van der Waals surface area (Å²) in [7, 11) is 0. The van der Waals surface area contributed by atoms with Crippen LogP contribution < -0.4 is 4.90 Å². The van der Waals surface area contributed by atoms with Gasteiger partial charge in [-0.2, -0.15) is 13.2 Å². The van der Waals surface area contributed by atoms with Gasteiger partial charge in [-0.3, -0.25) is 4.79 Å². The van der Waals surface area contributed by atoms with E-state index < -0.39 is 11.7 Å². The molecule has 10 heteroatoms. The van der Waals surface area contributed by atoms with E-state index in [1.54, 1.807) is 16.2 Å². The molecule has 0 aromatic carbocycles. The standard InChI is InChI=1S/C19H17F3N4OS2/c20-19(21,22)13-3-4-16(23-11-13)25-5-7-26(8-6-25)17(27)10-14-12-29-18(24-14)15-2-1-9-28-15/h1-4,9,11-12H,5-8,10H2. The molecule has 4 heterocycles. The lowest BCUT2D eigenvalue weighted by Crippen LogP contribution is -2.49. The van der Waals surface area contributed by atoms with Crippen molar-refractivity contribution in [3.05, 3.63) is 52.5 Å². The summed E-state index contributed by atoms with van der Waals surface area (Å²) in [5.74, 6) is 0.498. The van der Waals surface area contributed by atoms with E-state index in [0.717, 1.165) is 27.8 Å². The minimum Gasteiger partial charge on any atom is -0.353 e. The largest absolute Gasteiger partial charge is 0.417 e. The van der Waals surface area contributed by atoms with E-state index in [0.29, 0.717) is 32.0 Å². The summed E-state index contributed by atoms with van der Waals surface area (Å²) in [4.78, 5) is 25.8. The van der Waals surface area contributed by atoms with Crippen molar-refractivity contribution >= 4 is 34.4 Å². The SMILES string of the molecule is O=C(Cc1csc(-c2cccs2)n1)N1CCN(c2ccc(C(F)(F)F)cn2)CC1. The maximum atomic E-state index is 12.7. The van der Waals surface area contributed by atoms with Gasteiger partial charge in [-0.15, -0.1) is 22.7 Å². The second kappa shape index (κ2) is 8.11. The molecule has 3 aromatic rings. The topological polar surface area (TPSA) is 49.3 Å². The number of carbonyl (C=O) groups is 1. The highest BCUT2D eigenvalue weighted by atomic mass is 32.1. The molecular formula is C19H17F3N4OS2. The third-order valence-electron chi connectivity index (χ3n) is 4.65. The third-order valence-corrected chi connectivity index (χ3v) is 6.58. The molecule has 0 aliphatic carbocycles. The van der Waals surface area contributed by atoms with Crippen molar-refractivity contribution in [2.75, 3.05) is 31.1 Å². The summed E-state index contributed by atoms with van der Waals surface area (Å²) in [5, 5.41) is 4.82. The Hall–Kier alpha value is -2.46. The number of alkyl halides is 3. The highest BCUT2D eigenvalue weighted by Gasteiger charge is 2.31. The predicted octanol–water partition coefficient (Wildman–Crippen LogP) is 4.18. The van der Waals surface area contributed by atoms with Gasteiger partial charge in [0.05, 0.1) is 22.6 Å².